The molecule has 0 radical (unpaired) electrons. The lowest BCUT2D eigenvalue weighted by molar-refractivity contribution is -0.242. The molecule has 0 aromatic carbocycles. The molecule has 6 heteroatoms. The van der Waals surface area contributed by atoms with Crippen LogP contribution in [0.3, 0.4) is 0 Å². The Balaban J connectivity index is 2.15. The summed E-state index contributed by atoms with van der Waals surface area (Å²) in [6.07, 6.45) is 0.728. The number of esters is 2. The number of hydrogen-bond acceptors (Lipinski definition) is 6. The fourth-order valence-corrected chi connectivity index (χ4v) is 6.54. The maximum absolute atomic E-state index is 13.2. The Hall–Kier alpha value is -1.95. The fourth-order valence-electron chi connectivity index (χ4n) is 6.54. The highest BCUT2D eigenvalue weighted by atomic mass is 16.6. The molecule has 6 nitrogen and oxygen atoms in total. The minimum Gasteiger partial charge on any atom is -0.454 e. The average molecular weight is 433 g/mol. The molecule has 0 heterocycles. The Labute approximate surface area is 185 Å². The third-order valence-electron chi connectivity index (χ3n) is 8.45. The van der Waals surface area contributed by atoms with Crippen LogP contribution in [-0.4, -0.2) is 41.1 Å². The number of aliphatic hydroxyl groups excluding tert-OH is 1. The van der Waals surface area contributed by atoms with Gasteiger partial charge in [0.1, 0.15) is 18.0 Å². The molecule has 0 spiro atoms. The molecule has 8 atom stereocenters. The van der Waals surface area contributed by atoms with Crippen LogP contribution >= 0.6 is 0 Å². The molecule has 31 heavy (non-hydrogen) atoms. The molecule has 4 bridgehead atoms. The van der Waals surface area contributed by atoms with Crippen molar-refractivity contribution >= 4 is 17.7 Å². The van der Waals surface area contributed by atoms with Crippen molar-refractivity contribution in [2.24, 2.45) is 34.5 Å². The van der Waals surface area contributed by atoms with E-state index in [1.54, 1.807) is 39.8 Å². The molecule has 4 rings (SSSR count). The predicted octanol–water partition coefficient (Wildman–Crippen LogP) is 3.62. The van der Waals surface area contributed by atoms with Crippen LogP contribution in [0.4, 0.5) is 0 Å². The second-order valence-electron chi connectivity index (χ2n) is 10.4. The number of carbonyl (C=O) groups excluding carboxylic acids is 3. The molecule has 8 unspecified atom stereocenters. The monoisotopic (exact) mass is 432 g/mol. The molecule has 4 fully saturated rings. The van der Waals surface area contributed by atoms with Crippen LogP contribution in [0.25, 0.3) is 0 Å². The lowest BCUT2D eigenvalue weighted by Crippen LogP contribution is -2.71. The molecular weight excluding hydrogens is 396 g/mol. The lowest BCUT2D eigenvalue weighted by Gasteiger charge is -2.68. The van der Waals surface area contributed by atoms with E-state index in [4.69, 9.17) is 9.47 Å². The summed E-state index contributed by atoms with van der Waals surface area (Å²) in [7, 11) is 0. The number of ketones is 1. The van der Waals surface area contributed by atoms with Crippen molar-refractivity contribution in [2.45, 2.75) is 80.1 Å². The summed E-state index contributed by atoms with van der Waals surface area (Å²) in [6.45, 7) is 14.7. The number of hydrogen-bond donors (Lipinski definition) is 1. The van der Waals surface area contributed by atoms with Crippen molar-refractivity contribution < 1.29 is 29.0 Å². The number of carbonyl (C=O) groups is 3. The van der Waals surface area contributed by atoms with Gasteiger partial charge in [-0.05, 0) is 50.9 Å². The molecule has 4 aliphatic rings. The largest absolute Gasteiger partial charge is 0.454 e. The van der Waals surface area contributed by atoms with Crippen LogP contribution in [0.1, 0.15) is 61.8 Å². The molecule has 0 aromatic rings. The van der Waals surface area contributed by atoms with Gasteiger partial charge in [0, 0.05) is 28.9 Å². The minimum absolute atomic E-state index is 0.0562. The zero-order valence-corrected chi connectivity index (χ0v) is 19.9. The quantitative estimate of drug-likeness (QED) is 0.539. The Morgan fingerprint density at radius 1 is 1.00 bits per heavy atom. The van der Waals surface area contributed by atoms with Crippen molar-refractivity contribution in [2.75, 3.05) is 0 Å². The van der Waals surface area contributed by atoms with E-state index in [9.17, 15) is 19.5 Å². The normalized spacial score (nSPS) is 41.7. The van der Waals surface area contributed by atoms with E-state index in [-0.39, 0.29) is 29.5 Å². The summed E-state index contributed by atoms with van der Waals surface area (Å²) in [5, 5.41) is 11.5. The molecule has 172 valence electrons. The van der Waals surface area contributed by atoms with E-state index in [2.05, 4.69) is 6.92 Å². The van der Waals surface area contributed by atoms with Gasteiger partial charge in [-0.2, -0.15) is 0 Å². The maximum atomic E-state index is 13.2. The highest BCUT2D eigenvalue weighted by molar-refractivity contribution is 5.89. The maximum Gasteiger partial charge on any atom is 0.333 e. The van der Waals surface area contributed by atoms with Crippen LogP contribution in [-0.2, 0) is 23.9 Å². The second-order valence-corrected chi connectivity index (χ2v) is 10.4. The fraction of sp³-hybridized carbons (Fsp3) is 0.720. The van der Waals surface area contributed by atoms with Crippen LogP contribution in [0.5, 0.6) is 0 Å². The molecule has 0 aromatic heterocycles. The van der Waals surface area contributed by atoms with Gasteiger partial charge in [-0.15, -0.1) is 0 Å². The van der Waals surface area contributed by atoms with E-state index in [0.717, 1.165) is 0 Å². The van der Waals surface area contributed by atoms with Gasteiger partial charge in [0.25, 0.3) is 0 Å². The van der Waals surface area contributed by atoms with Crippen LogP contribution in [0.2, 0.25) is 0 Å². The third kappa shape index (κ3) is 3.29. The highest BCUT2D eigenvalue weighted by Crippen LogP contribution is 2.73. The Bertz CT molecular complexity index is 852. The van der Waals surface area contributed by atoms with Crippen molar-refractivity contribution in [1.82, 2.24) is 0 Å². The highest BCUT2D eigenvalue weighted by Gasteiger charge is 2.77. The van der Waals surface area contributed by atoms with Crippen LogP contribution in [0.15, 0.2) is 23.3 Å². The smallest absolute Gasteiger partial charge is 0.333 e. The predicted molar refractivity (Wildman–Crippen MR) is 116 cm³/mol. The molecule has 4 saturated carbocycles. The van der Waals surface area contributed by atoms with Crippen molar-refractivity contribution in [1.29, 1.82) is 0 Å². The van der Waals surface area contributed by atoms with Gasteiger partial charge < -0.3 is 14.6 Å². The molecular formula is C25H36O6. The third-order valence-corrected chi connectivity index (χ3v) is 8.45. The van der Waals surface area contributed by atoms with Gasteiger partial charge in [0.15, 0.2) is 6.10 Å². The van der Waals surface area contributed by atoms with E-state index >= 15 is 0 Å². The SMILES string of the molecule is CC=C(C)C(=O)OC1C(O)C(C)(C)C2C3C(=O)CC(C)C2C3(C)C1OC(=O)C(C)=CC. The Kier molecular flexibility index (Phi) is 6.02. The number of Topliss-reactive ketones (excluding diaryl/α,β-unsaturated/α-hetero) is 1. The van der Waals surface area contributed by atoms with E-state index in [1.165, 1.54) is 0 Å². The molecule has 1 N–H and O–H groups in total. The van der Waals surface area contributed by atoms with E-state index in [0.29, 0.717) is 17.6 Å². The lowest BCUT2D eigenvalue weighted by atomic mass is 9.35. The van der Waals surface area contributed by atoms with E-state index < -0.39 is 41.1 Å². The number of fused-ring (bicyclic) bond motifs is 3. The summed E-state index contributed by atoms with van der Waals surface area (Å²) < 4.78 is 11.8. The Morgan fingerprint density at radius 2 is 1.52 bits per heavy atom. The first-order valence-corrected chi connectivity index (χ1v) is 11.2. The summed E-state index contributed by atoms with van der Waals surface area (Å²) >= 11 is 0. The summed E-state index contributed by atoms with van der Waals surface area (Å²) in [4.78, 5) is 38.7. The molecule has 0 aliphatic heterocycles. The van der Waals surface area contributed by atoms with Crippen LogP contribution in [0, 0.1) is 34.5 Å². The summed E-state index contributed by atoms with van der Waals surface area (Å²) in [6, 6.07) is 0. The molecule has 4 aliphatic carbocycles. The minimum atomic E-state index is -1.08. The molecule has 0 amide bonds. The van der Waals surface area contributed by atoms with Gasteiger partial charge in [-0.1, -0.05) is 39.8 Å². The number of allylic oxidation sites excluding steroid dienone is 2. The van der Waals surface area contributed by atoms with Crippen molar-refractivity contribution in [3.8, 4) is 0 Å². The van der Waals surface area contributed by atoms with Gasteiger partial charge in [0.2, 0.25) is 0 Å². The Morgan fingerprint density at radius 3 is 2.00 bits per heavy atom. The first kappa shape index (κ1) is 23.7. The first-order chi connectivity index (χ1) is 14.3. The number of ether oxygens (including phenoxy) is 2. The van der Waals surface area contributed by atoms with Crippen molar-refractivity contribution in [3.63, 3.8) is 0 Å². The first-order valence-electron chi connectivity index (χ1n) is 11.2. The number of aliphatic hydroxyl groups is 1. The van der Waals surface area contributed by atoms with E-state index in [1.807, 2.05) is 20.8 Å². The van der Waals surface area contributed by atoms with Crippen LogP contribution < -0.4 is 0 Å². The van der Waals surface area contributed by atoms with Gasteiger partial charge in [-0.25, -0.2) is 9.59 Å². The summed E-state index contributed by atoms with van der Waals surface area (Å²) in [5.74, 6) is -1.16. The standard InChI is InChI=1S/C25H36O6/c1-9-12(3)22(28)30-19-20(27)24(6,7)18-16-14(5)11-15(26)17(18)25(16,8)21(19)31-23(29)13(4)10-2/h9-10,14,16-21,27H,11H2,1-8H3. The zero-order valence-electron chi connectivity index (χ0n) is 19.9. The second kappa shape index (κ2) is 7.88. The van der Waals surface area contributed by atoms with Gasteiger partial charge in [0.05, 0.1) is 0 Å². The van der Waals surface area contributed by atoms with Gasteiger partial charge >= 0.3 is 11.9 Å². The topological polar surface area (TPSA) is 89.9 Å². The number of rotatable bonds is 4. The average Bonchev–Trinajstić information content (AvgIpc) is 2.78. The van der Waals surface area contributed by atoms with Gasteiger partial charge in [-0.3, -0.25) is 4.79 Å². The zero-order chi connectivity index (χ0) is 23.5. The van der Waals surface area contributed by atoms with Crippen molar-refractivity contribution in [3.05, 3.63) is 23.3 Å². The molecule has 0 saturated heterocycles. The summed E-state index contributed by atoms with van der Waals surface area (Å²) in [5.41, 5.74) is -0.556.